The van der Waals surface area contributed by atoms with Crippen molar-refractivity contribution in [2.24, 2.45) is 11.8 Å². The van der Waals surface area contributed by atoms with Gasteiger partial charge in [-0.1, -0.05) is 42.6 Å². The third-order valence-electron chi connectivity index (χ3n) is 4.42. The van der Waals surface area contributed by atoms with Crippen molar-refractivity contribution < 1.29 is 0 Å². The lowest BCUT2D eigenvalue weighted by molar-refractivity contribution is 0.329. The normalized spacial score (nSPS) is 32.9. The summed E-state index contributed by atoms with van der Waals surface area (Å²) in [6.45, 7) is 2.23. The second kappa shape index (κ2) is 4.62. The summed E-state index contributed by atoms with van der Waals surface area (Å²) in [4.78, 5) is 0. The fourth-order valence-electron chi connectivity index (χ4n) is 3.35. The van der Waals surface area contributed by atoms with E-state index >= 15 is 0 Å². The van der Waals surface area contributed by atoms with Crippen molar-refractivity contribution in [1.82, 2.24) is 5.32 Å². The Kier molecular flexibility index (Phi) is 3.14. The molecule has 4 unspecified atom stereocenters. The summed E-state index contributed by atoms with van der Waals surface area (Å²) >= 11 is 6.24. The van der Waals surface area contributed by atoms with Crippen LogP contribution < -0.4 is 5.32 Å². The summed E-state index contributed by atoms with van der Waals surface area (Å²) in [6.07, 6.45) is 5.65. The number of halogens is 1. The lowest BCUT2D eigenvalue weighted by atomic mass is 9.94. The van der Waals surface area contributed by atoms with E-state index < -0.39 is 0 Å². The smallest absolute Gasteiger partial charge is 0.0453 e. The molecule has 1 nitrogen and oxygen atoms in total. The Morgan fingerprint density at radius 2 is 2.12 bits per heavy atom. The third kappa shape index (κ3) is 2.36. The molecule has 1 aromatic carbocycles. The fraction of sp³-hybridized carbons (Fsp3) is 0.600. The number of fused-ring (bicyclic) bond motifs is 1. The van der Waals surface area contributed by atoms with Crippen molar-refractivity contribution in [2.45, 2.75) is 44.7 Å². The van der Waals surface area contributed by atoms with Gasteiger partial charge in [0, 0.05) is 17.1 Å². The number of hydrogen-bond donors (Lipinski definition) is 1. The van der Waals surface area contributed by atoms with E-state index in [0.29, 0.717) is 6.04 Å². The fourth-order valence-corrected chi connectivity index (χ4v) is 3.65. The molecule has 0 saturated heterocycles. The lowest BCUT2D eigenvalue weighted by Gasteiger charge is -2.27. The second-order valence-corrected chi connectivity index (χ2v) is 6.01. The van der Waals surface area contributed by atoms with Crippen LogP contribution in [0, 0.1) is 11.8 Å². The van der Waals surface area contributed by atoms with E-state index in [-0.39, 0.29) is 0 Å². The largest absolute Gasteiger partial charge is 0.307 e. The van der Waals surface area contributed by atoms with Gasteiger partial charge >= 0.3 is 0 Å². The summed E-state index contributed by atoms with van der Waals surface area (Å²) in [5, 5.41) is 4.67. The Labute approximate surface area is 109 Å². The van der Waals surface area contributed by atoms with Crippen molar-refractivity contribution in [3.05, 3.63) is 34.9 Å². The van der Waals surface area contributed by atoms with Crippen LogP contribution in [-0.2, 0) is 0 Å². The predicted octanol–water partition coefficient (Wildman–Crippen LogP) is 4.18. The first-order chi connectivity index (χ1) is 8.25. The van der Waals surface area contributed by atoms with E-state index in [2.05, 4.69) is 24.4 Å². The maximum atomic E-state index is 6.24. The molecule has 17 heavy (non-hydrogen) atoms. The van der Waals surface area contributed by atoms with Crippen LogP contribution in [0.1, 0.15) is 44.2 Å². The zero-order chi connectivity index (χ0) is 11.8. The van der Waals surface area contributed by atoms with Crippen LogP contribution in [0.15, 0.2) is 24.3 Å². The Bertz CT molecular complexity index is 404. The molecule has 0 heterocycles. The lowest BCUT2D eigenvalue weighted by Crippen LogP contribution is -2.35. The van der Waals surface area contributed by atoms with Gasteiger partial charge < -0.3 is 5.32 Å². The number of rotatable bonds is 3. The van der Waals surface area contributed by atoms with Crippen LogP contribution in [0.3, 0.4) is 0 Å². The molecule has 2 fully saturated rings. The summed E-state index contributed by atoms with van der Waals surface area (Å²) in [6, 6.07) is 9.27. The molecule has 0 amide bonds. The van der Waals surface area contributed by atoms with E-state index in [4.69, 9.17) is 11.6 Å². The molecule has 0 bridgehead atoms. The number of nitrogens with one attached hydrogen (secondary N) is 1. The van der Waals surface area contributed by atoms with E-state index in [1.54, 1.807) is 0 Å². The van der Waals surface area contributed by atoms with E-state index in [9.17, 15) is 0 Å². The van der Waals surface area contributed by atoms with Gasteiger partial charge in [0.05, 0.1) is 0 Å². The monoisotopic (exact) mass is 249 g/mol. The number of hydrogen-bond acceptors (Lipinski definition) is 1. The zero-order valence-corrected chi connectivity index (χ0v) is 11.1. The van der Waals surface area contributed by atoms with Gasteiger partial charge in [0.1, 0.15) is 0 Å². The first kappa shape index (κ1) is 11.6. The van der Waals surface area contributed by atoms with Crippen LogP contribution in [0.5, 0.6) is 0 Å². The van der Waals surface area contributed by atoms with Crippen LogP contribution in [0.4, 0.5) is 0 Å². The van der Waals surface area contributed by atoms with Crippen molar-refractivity contribution in [1.29, 1.82) is 0 Å². The van der Waals surface area contributed by atoms with Gasteiger partial charge in [-0.05, 0) is 43.2 Å². The molecule has 0 radical (unpaired) electrons. The molecule has 1 N–H and O–H groups in total. The third-order valence-corrected chi connectivity index (χ3v) is 4.76. The van der Waals surface area contributed by atoms with Crippen LogP contribution in [-0.4, -0.2) is 6.04 Å². The molecule has 2 heteroatoms. The van der Waals surface area contributed by atoms with E-state index in [1.807, 2.05) is 12.1 Å². The molecule has 0 spiro atoms. The molecule has 1 aromatic rings. The van der Waals surface area contributed by atoms with Gasteiger partial charge in [0.15, 0.2) is 0 Å². The molecule has 0 aromatic heterocycles. The summed E-state index contributed by atoms with van der Waals surface area (Å²) in [5.74, 6) is 1.98. The standard InChI is InChI=1S/C15H20ClN/c1-10(12-6-2-3-7-14(12)16)17-15-8-4-5-11-9-13(11)15/h2-3,6-7,10-11,13,15,17H,4-5,8-9H2,1H3. The summed E-state index contributed by atoms with van der Waals surface area (Å²) < 4.78 is 0. The highest BCUT2D eigenvalue weighted by Gasteiger charge is 2.45. The zero-order valence-electron chi connectivity index (χ0n) is 10.3. The SMILES string of the molecule is CC(NC1CCCC2CC21)c1ccccc1Cl. The van der Waals surface area contributed by atoms with Crippen molar-refractivity contribution in [2.75, 3.05) is 0 Å². The first-order valence-electron chi connectivity index (χ1n) is 6.76. The van der Waals surface area contributed by atoms with Gasteiger partial charge in [0.2, 0.25) is 0 Å². The Hall–Kier alpha value is -0.530. The molecule has 2 saturated carbocycles. The quantitative estimate of drug-likeness (QED) is 0.848. The van der Waals surface area contributed by atoms with E-state index in [0.717, 1.165) is 22.9 Å². The highest BCUT2D eigenvalue weighted by molar-refractivity contribution is 6.31. The van der Waals surface area contributed by atoms with E-state index in [1.165, 1.54) is 31.2 Å². The topological polar surface area (TPSA) is 12.0 Å². The minimum atomic E-state index is 0.369. The molecule has 2 aliphatic carbocycles. The average Bonchev–Trinajstić information content (AvgIpc) is 3.09. The Balaban J connectivity index is 1.67. The minimum Gasteiger partial charge on any atom is -0.307 e. The Morgan fingerprint density at radius 1 is 1.29 bits per heavy atom. The minimum absolute atomic E-state index is 0.369. The first-order valence-corrected chi connectivity index (χ1v) is 7.14. The highest BCUT2D eigenvalue weighted by atomic mass is 35.5. The highest BCUT2D eigenvalue weighted by Crippen LogP contribution is 2.50. The molecule has 92 valence electrons. The van der Waals surface area contributed by atoms with Gasteiger partial charge in [-0.3, -0.25) is 0 Å². The summed E-state index contributed by atoms with van der Waals surface area (Å²) in [5.41, 5.74) is 1.23. The molecule has 2 aliphatic rings. The van der Waals surface area contributed by atoms with Crippen LogP contribution in [0.25, 0.3) is 0 Å². The number of benzene rings is 1. The van der Waals surface area contributed by atoms with Crippen molar-refractivity contribution in [3.63, 3.8) is 0 Å². The van der Waals surface area contributed by atoms with Gasteiger partial charge in [-0.15, -0.1) is 0 Å². The van der Waals surface area contributed by atoms with Gasteiger partial charge in [-0.2, -0.15) is 0 Å². The molecule has 0 aliphatic heterocycles. The average molecular weight is 250 g/mol. The maximum Gasteiger partial charge on any atom is 0.0453 e. The summed E-state index contributed by atoms with van der Waals surface area (Å²) in [7, 11) is 0. The Morgan fingerprint density at radius 3 is 2.94 bits per heavy atom. The molecule has 4 atom stereocenters. The molecular formula is C15H20ClN. The maximum absolute atomic E-state index is 6.24. The van der Waals surface area contributed by atoms with Gasteiger partial charge in [0.25, 0.3) is 0 Å². The van der Waals surface area contributed by atoms with Crippen LogP contribution in [0.2, 0.25) is 5.02 Å². The van der Waals surface area contributed by atoms with Crippen molar-refractivity contribution in [3.8, 4) is 0 Å². The van der Waals surface area contributed by atoms with Crippen molar-refractivity contribution >= 4 is 11.6 Å². The predicted molar refractivity (Wildman–Crippen MR) is 72.2 cm³/mol. The van der Waals surface area contributed by atoms with Gasteiger partial charge in [-0.25, -0.2) is 0 Å². The molecule has 3 rings (SSSR count). The second-order valence-electron chi connectivity index (χ2n) is 5.61. The molecular weight excluding hydrogens is 230 g/mol. The van der Waals surface area contributed by atoms with Crippen LogP contribution >= 0.6 is 11.6 Å².